The van der Waals surface area contributed by atoms with Crippen molar-refractivity contribution < 1.29 is 9.47 Å². The molecule has 4 aliphatic rings. The lowest BCUT2D eigenvalue weighted by atomic mass is 9.97. The first-order valence-electron chi connectivity index (χ1n) is 23.1. The Labute approximate surface area is 428 Å². The molecule has 0 spiro atoms. The summed E-state index contributed by atoms with van der Waals surface area (Å²) in [6.45, 7) is 4.35. The van der Waals surface area contributed by atoms with Crippen LogP contribution in [0.1, 0.15) is 81.3 Å². The molecule has 4 heterocycles. The number of methoxy groups -OCH3 is 2. The molecule has 0 unspecified atom stereocenters. The average Bonchev–Trinajstić information content (AvgIpc) is 3.40. The standard InChI is InChI=1S/2C28H30OS4/c1-21-5-7-22(8-6-21)27(30-17-3-18-31-27)23-9-11-24(12-10-23)28(32-19-4-20-33-28)25-13-15-26(29-2)16-14-25;1-21-8-10-22(11-9-21)27(30-16-4-17-31-27)24-6-3-7-25(20-24)28(32-18-5-19-33-28)23-12-14-26(29-2)15-13-23/h5-16H,3-4,17-20H2,1-2H3;3,6-15,20H,4-5,16-19H2,1-2H3. The SMILES string of the molecule is COc1ccc(C2(c3ccc(C4(c5ccc(C)cc5)SCCCS4)cc3)SCCCS2)cc1.COc1ccc(C2(c3cccc(C4(c5ccc(C)cc5)SCCCS4)c3)SCCCS2)cc1. The Morgan fingerprint density at radius 1 is 0.303 bits per heavy atom. The van der Waals surface area contributed by atoms with Gasteiger partial charge in [0.15, 0.2) is 0 Å². The van der Waals surface area contributed by atoms with Crippen LogP contribution in [0.2, 0.25) is 0 Å². The largest absolute Gasteiger partial charge is 0.497 e. The van der Waals surface area contributed by atoms with Gasteiger partial charge in [-0.1, -0.05) is 132 Å². The number of hydrogen-bond donors (Lipinski definition) is 0. The van der Waals surface area contributed by atoms with Crippen molar-refractivity contribution in [3.8, 4) is 11.5 Å². The number of ether oxygens (including phenoxy) is 2. The molecule has 0 N–H and O–H groups in total. The molecule has 0 aliphatic carbocycles. The van der Waals surface area contributed by atoms with Gasteiger partial charge in [-0.05, 0) is 154 Å². The van der Waals surface area contributed by atoms with Crippen LogP contribution >= 0.6 is 94.1 Å². The van der Waals surface area contributed by atoms with Crippen LogP contribution in [-0.4, -0.2) is 60.2 Å². The van der Waals surface area contributed by atoms with E-state index in [0.717, 1.165) is 11.5 Å². The smallest absolute Gasteiger partial charge is 0.118 e. The Balaban J connectivity index is 0.000000166. The molecule has 344 valence electrons. The predicted molar refractivity (Wildman–Crippen MR) is 302 cm³/mol. The van der Waals surface area contributed by atoms with Crippen molar-refractivity contribution in [3.05, 3.63) is 201 Å². The molecule has 66 heavy (non-hydrogen) atoms. The number of benzene rings is 6. The summed E-state index contributed by atoms with van der Waals surface area (Å²) in [4.78, 5) is 0. The van der Waals surface area contributed by atoms with E-state index in [1.54, 1.807) is 14.2 Å². The highest BCUT2D eigenvalue weighted by atomic mass is 32.2. The van der Waals surface area contributed by atoms with Gasteiger partial charge in [0, 0.05) is 0 Å². The summed E-state index contributed by atoms with van der Waals surface area (Å²) in [5, 5.41) is 0. The van der Waals surface area contributed by atoms with E-state index in [9.17, 15) is 0 Å². The molecule has 4 aliphatic heterocycles. The van der Waals surface area contributed by atoms with Crippen molar-refractivity contribution in [2.45, 2.75) is 55.8 Å². The highest BCUT2D eigenvalue weighted by Gasteiger charge is 2.43. The molecule has 0 radical (unpaired) electrons. The maximum Gasteiger partial charge on any atom is 0.118 e. The van der Waals surface area contributed by atoms with Crippen molar-refractivity contribution in [2.24, 2.45) is 0 Å². The van der Waals surface area contributed by atoms with Crippen molar-refractivity contribution in [1.29, 1.82) is 0 Å². The minimum Gasteiger partial charge on any atom is -0.497 e. The fraction of sp³-hybridized carbons (Fsp3) is 0.357. The average molecular weight is 1020 g/mol. The number of aryl methyl sites for hydroxylation is 2. The van der Waals surface area contributed by atoms with E-state index in [-0.39, 0.29) is 16.3 Å². The Bertz CT molecular complexity index is 2470. The molecule has 10 rings (SSSR count). The Morgan fingerprint density at radius 3 is 0.788 bits per heavy atom. The fourth-order valence-electron chi connectivity index (χ4n) is 9.13. The highest BCUT2D eigenvalue weighted by Crippen LogP contribution is 2.60. The molecule has 0 atom stereocenters. The van der Waals surface area contributed by atoms with Crippen LogP contribution in [0.4, 0.5) is 0 Å². The van der Waals surface area contributed by atoms with Crippen LogP contribution in [0.5, 0.6) is 11.5 Å². The van der Waals surface area contributed by atoms with Gasteiger partial charge in [-0.15, -0.1) is 94.1 Å². The third-order valence-corrected chi connectivity index (χ3v) is 26.5. The second-order valence-corrected chi connectivity index (χ2v) is 28.5. The minimum atomic E-state index is -0.0704. The molecule has 6 aromatic rings. The van der Waals surface area contributed by atoms with Crippen LogP contribution in [0.25, 0.3) is 0 Å². The van der Waals surface area contributed by atoms with Gasteiger partial charge in [0.1, 0.15) is 27.8 Å². The van der Waals surface area contributed by atoms with E-state index in [1.165, 1.54) is 127 Å². The van der Waals surface area contributed by atoms with Crippen molar-refractivity contribution in [3.63, 3.8) is 0 Å². The van der Waals surface area contributed by atoms with E-state index in [4.69, 9.17) is 9.47 Å². The molecule has 4 saturated heterocycles. The van der Waals surface area contributed by atoms with E-state index < -0.39 is 0 Å². The fourth-order valence-corrected chi connectivity index (χ4v) is 22.6. The van der Waals surface area contributed by atoms with E-state index >= 15 is 0 Å². The zero-order chi connectivity index (χ0) is 45.5. The zero-order valence-corrected chi connectivity index (χ0v) is 45.0. The monoisotopic (exact) mass is 1020 g/mol. The summed E-state index contributed by atoms with van der Waals surface area (Å²) in [5.41, 5.74) is 13.9. The van der Waals surface area contributed by atoms with E-state index in [1.807, 2.05) is 0 Å². The van der Waals surface area contributed by atoms with Gasteiger partial charge < -0.3 is 9.47 Å². The maximum absolute atomic E-state index is 5.45. The summed E-state index contributed by atoms with van der Waals surface area (Å²) in [6.07, 6.45) is 5.11. The molecule has 0 bridgehead atoms. The molecule has 0 amide bonds. The summed E-state index contributed by atoms with van der Waals surface area (Å²) in [5.74, 6) is 11.4. The molecular weight excluding hydrogens is 961 g/mol. The molecule has 6 aromatic carbocycles. The third-order valence-electron chi connectivity index (χ3n) is 12.7. The zero-order valence-electron chi connectivity index (χ0n) is 38.4. The topological polar surface area (TPSA) is 18.5 Å². The van der Waals surface area contributed by atoms with Crippen molar-refractivity contribution in [2.75, 3.05) is 60.2 Å². The highest BCUT2D eigenvalue weighted by molar-refractivity contribution is 8.19. The lowest BCUT2D eigenvalue weighted by Crippen LogP contribution is -2.27. The first-order valence-corrected chi connectivity index (χ1v) is 31.0. The lowest BCUT2D eigenvalue weighted by molar-refractivity contribution is 0.414. The Morgan fingerprint density at radius 2 is 0.530 bits per heavy atom. The third kappa shape index (κ3) is 10.2. The number of rotatable bonds is 10. The molecule has 0 saturated carbocycles. The van der Waals surface area contributed by atoms with Crippen LogP contribution in [0.15, 0.2) is 146 Å². The Kier molecular flexibility index (Phi) is 16.4. The first kappa shape index (κ1) is 48.7. The van der Waals surface area contributed by atoms with Gasteiger partial charge in [0.05, 0.1) is 14.2 Å². The number of hydrogen-bond acceptors (Lipinski definition) is 10. The summed E-state index contributed by atoms with van der Waals surface area (Å²) < 4.78 is 10.7. The lowest BCUT2D eigenvalue weighted by Gasteiger charge is -2.40. The summed E-state index contributed by atoms with van der Waals surface area (Å²) in [7, 11) is 3.47. The van der Waals surface area contributed by atoms with Gasteiger partial charge in [-0.3, -0.25) is 0 Å². The molecule has 4 fully saturated rings. The second-order valence-electron chi connectivity index (χ2n) is 17.0. The van der Waals surface area contributed by atoms with E-state index in [2.05, 4.69) is 254 Å². The van der Waals surface area contributed by atoms with Crippen LogP contribution in [0.3, 0.4) is 0 Å². The number of thioether (sulfide) groups is 8. The quantitative estimate of drug-likeness (QED) is 0.132. The van der Waals surface area contributed by atoms with Gasteiger partial charge in [-0.2, -0.15) is 0 Å². The minimum absolute atomic E-state index is 0.00932. The van der Waals surface area contributed by atoms with Gasteiger partial charge in [0.2, 0.25) is 0 Å². The molecule has 2 nitrogen and oxygen atoms in total. The summed E-state index contributed by atoms with van der Waals surface area (Å²) >= 11 is 16.8. The normalized spacial score (nSPS) is 19.7. The molecular formula is C56H60O2S8. The van der Waals surface area contributed by atoms with Crippen LogP contribution in [-0.2, 0) is 16.3 Å². The molecule has 0 aromatic heterocycles. The summed E-state index contributed by atoms with van der Waals surface area (Å²) in [6, 6.07) is 55.0. The first-order chi connectivity index (χ1) is 32.3. The van der Waals surface area contributed by atoms with Crippen molar-refractivity contribution >= 4 is 94.1 Å². The predicted octanol–water partition coefficient (Wildman–Crippen LogP) is 16.3. The molecule has 10 heteroatoms. The van der Waals surface area contributed by atoms with Crippen LogP contribution in [0, 0.1) is 13.8 Å². The second kappa shape index (κ2) is 22.2. The van der Waals surface area contributed by atoms with Gasteiger partial charge >= 0.3 is 0 Å². The van der Waals surface area contributed by atoms with Gasteiger partial charge in [0.25, 0.3) is 0 Å². The van der Waals surface area contributed by atoms with Crippen molar-refractivity contribution in [1.82, 2.24) is 0 Å². The Hall–Kier alpha value is -2.28. The van der Waals surface area contributed by atoms with Gasteiger partial charge in [-0.25, -0.2) is 0 Å². The van der Waals surface area contributed by atoms with Crippen LogP contribution < -0.4 is 9.47 Å². The maximum atomic E-state index is 5.45. The van der Waals surface area contributed by atoms with E-state index in [0.29, 0.717) is 0 Å².